The van der Waals surface area contributed by atoms with Crippen molar-refractivity contribution < 1.29 is 13.2 Å². The van der Waals surface area contributed by atoms with E-state index >= 15 is 0 Å². The summed E-state index contributed by atoms with van der Waals surface area (Å²) < 4.78 is 21.9. The quantitative estimate of drug-likeness (QED) is 0.359. The number of sulfone groups is 1. The minimum atomic E-state index is -2.93. The first-order valence-corrected chi connectivity index (χ1v) is 8.22. The Morgan fingerprint density at radius 1 is 1.26 bits per heavy atom. The van der Waals surface area contributed by atoms with Gasteiger partial charge >= 0.3 is 0 Å². The molecule has 0 bridgehead atoms. The van der Waals surface area contributed by atoms with E-state index in [2.05, 4.69) is 15.6 Å². The van der Waals surface area contributed by atoms with E-state index in [9.17, 15) is 13.2 Å². The third kappa shape index (κ3) is 10.3. The molecule has 0 spiro atoms. The molecule has 0 unspecified atom stereocenters. The molecule has 0 rings (SSSR count). The first-order valence-electron chi connectivity index (χ1n) is 6.16. The molecule has 112 valence electrons. The fourth-order valence-corrected chi connectivity index (χ4v) is 1.84. The number of amides is 1. The van der Waals surface area contributed by atoms with E-state index in [0.717, 1.165) is 0 Å². The van der Waals surface area contributed by atoms with Gasteiger partial charge in [0, 0.05) is 33.4 Å². The van der Waals surface area contributed by atoms with E-state index in [1.54, 1.807) is 14.1 Å². The predicted octanol–water partition coefficient (Wildman–Crippen LogP) is -0.936. The summed E-state index contributed by atoms with van der Waals surface area (Å²) >= 11 is 0. The molecule has 0 aromatic heterocycles. The van der Waals surface area contributed by atoms with E-state index in [1.165, 1.54) is 11.2 Å². The minimum Gasteiger partial charge on any atom is -0.357 e. The summed E-state index contributed by atoms with van der Waals surface area (Å²) in [5.74, 6) is 0.565. The number of nitrogens with zero attached hydrogens (tertiary/aromatic N) is 2. The zero-order valence-corrected chi connectivity index (χ0v) is 12.9. The van der Waals surface area contributed by atoms with Crippen LogP contribution in [0.25, 0.3) is 0 Å². The van der Waals surface area contributed by atoms with Gasteiger partial charge < -0.3 is 15.5 Å². The summed E-state index contributed by atoms with van der Waals surface area (Å²) in [6.45, 7) is 3.15. The Hall–Kier alpha value is -1.31. The van der Waals surface area contributed by atoms with Crippen LogP contribution in [0.15, 0.2) is 4.99 Å². The van der Waals surface area contributed by atoms with Gasteiger partial charge in [-0.3, -0.25) is 4.79 Å². The molecule has 0 heterocycles. The van der Waals surface area contributed by atoms with Crippen LogP contribution in [-0.2, 0) is 14.6 Å². The van der Waals surface area contributed by atoms with Crippen LogP contribution in [0.4, 0.5) is 0 Å². The summed E-state index contributed by atoms with van der Waals surface area (Å²) in [6.07, 6.45) is 1.72. The third-order valence-electron chi connectivity index (χ3n) is 2.20. The Balaban J connectivity index is 4.18. The van der Waals surface area contributed by atoms with Gasteiger partial charge in [-0.15, -0.1) is 0 Å². The number of guanidine groups is 1. The van der Waals surface area contributed by atoms with Crippen LogP contribution >= 0.6 is 0 Å². The Bertz CT molecular complexity index is 404. The second kappa shape index (κ2) is 8.73. The number of rotatable bonds is 7. The maximum absolute atomic E-state index is 11.4. The number of nitrogens with one attached hydrogen (secondary N) is 2. The van der Waals surface area contributed by atoms with Crippen molar-refractivity contribution in [3.63, 3.8) is 0 Å². The normalized spacial score (nSPS) is 12.1. The van der Waals surface area contributed by atoms with Crippen LogP contribution < -0.4 is 10.6 Å². The van der Waals surface area contributed by atoms with E-state index in [1.807, 2.05) is 6.92 Å². The number of hydrogen-bond donors (Lipinski definition) is 2. The van der Waals surface area contributed by atoms with Gasteiger partial charge in [-0.1, -0.05) is 0 Å². The van der Waals surface area contributed by atoms with Crippen molar-refractivity contribution in [3.05, 3.63) is 0 Å². The number of hydrogen-bond acceptors (Lipinski definition) is 4. The average molecular weight is 292 g/mol. The van der Waals surface area contributed by atoms with E-state index in [-0.39, 0.29) is 18.2 Å². The highest BCUT2D eigenvalue weighted by molar-refractivity contribution is 7.90. The van der Waals surface area contributed by atoms with Gasteiger partial charge in [0.15, 0.2) is 5.96 Å². The molecule has 0 aliphatic carbocycles. The molecule has 0 radical (unpaired) electrons. The lowest BCUT2D eigenvalue weighted by Gasteiger charge is -2.12. The Labute approximate surface area is 115 Å². The largest absolute Gasteiger partial charge is 0.357 e. The molecule has 19 heavy (non-hydrogen) atoms. The van der Waals surface area contributed by atoms with Crippen molar-refractivity contribution in [2.45, 2.75) is 13.3 Å². The Morgan fingerprint density at radius 3 is 2.37 bits per heavy atom. The number of likely N-dealkylation sites (N-methyl/N-ethyl adjacent to an activating group) is 1. The summed E-state index contributed by atoms with van der Waals surface area (Å²) in [7, 11) is 0.410. The lowest BCUT2D eigenvalue weighted by atomic mass is 10.5. The lowest BCUT2D eigenvalue weighted by molar-refractivity contribution is -0.127. The highest BCUT2D eigenvalue weighted by atomic mass is 32.2. The van der Waals surface area contributed by atoms with Crippen LogP contribution in [0.2, 0.25) is 0 Å². The maximum Gasteiger partial charge on any atom is 0.243 e. The molecule has 0 aliphatic rings. The van der Waals surface area contributed by atoms with Crippen molar-refractivity contribution >= 4 is 21.7 Å². The van der Waals surface area contributed by atoms with Crippen LogP contribution in [0, 0.1) is 0 Å². The van der Waals surface area contributed by atoms with Crippen LogP contribution in [0.1, 0.15) is 13.3 Å². The average Bonchev–Trinajstić information content (AvgIpc) is 2.29. The molecule has 0 saturated carbocycles. The topological polar surface area (TPSA) is 90.9 Å². The predicted molar refractivity (Wildman–Crippen MR) is 77.0 cm³/mol. The zero-order valence-electron chi connectivity index (χ0n) is 12.1. The molecular formula is C11H24N4O3S. The van der Waals surface area contributed by atoms with Crippen molar-refractivity contribution in [1.82, 2.24) is 15.5 Å². The van der Waals surface area contributed by atoms with Crippen molar-refractivity contribution in [3.8, 4) is 0 Å². The van der Waals surface area contributed by atoms with E-state index in [0.29, 0.717) is 25.5 Å². The number of aliphatic imine (C=N–C) groups is 1. The highest BCUT2D eigenvalue weighted by Crippen LogP contribution is 1.87. The first kappa shape index (κ1) is 17.7. The van der Waals surface area contributed by atoms with Gasteiger partial charge in [0.1, 0.15) is 16.4 Å². The minimum absolute atomic E-state index is 0.0639. The van der Waals surface area contributed by atoms with Crippen LogP contribution in [0.3, 0.4) is 0 Å². The molecule has 0 aromatic rings. The molecule has 0 aromatic carbocycles. The third-order valence-corrected chi connectivity index (χ3v) is 3.23. The second-order valence-corrected chi connectivity index (χ2v) is 6.65. The molecular weight excluding hydrogens is 268 g/mol. The molecule has 0 atom stereocenters. The van der Waals surface area contributed by atoms with Crippen molar-refractivity contribution in [1.29, 1.82) is 0 Å². The lowest BCUT2D eigenvalue weighted by Crippen LogP contribution is -2.39. The van der Waals surface area contributed by atoms with Gasteiger partial charge in [-0.05, 0) is 13.3 Å². The van der Waals surface area contributed by atoms with Crippen molar-refractivity contribution in [2.24, 2.45) is 4.99 Å². The summed E-state index contributed by atoms with van der Waals surface area (Å²) in [5, 5.41) is 5.98. The van der Waals surface area contributed by atoms with Gasteiger partial charge in [-0.25, -0.2) is 13.4 Å². The zero-order chi connectivity index (χ0) is 14.9. The summed E-state index contributed by atoms with van der Waals surface area (Å²) in [5.41, 5.74) is 0. The Kier molecular flexibility index (Phi) is 8.13. The van der Waals surface area contributed by atoms with Crippen molar-refractivity contribution in [2.75, 3.05) is 45.7 Å². The maximum atomic E-state index is 11.4. The molecule has 0 saturated heterocycles. The van der Waals surface area contributed by atoms with Crippen LogP contribution in [0.5, 0.6) is 0 Å². The summed E-state index contributed by atoms with van der Waals surface area (Å²) in [4.78, 5) is 17.0. The molecule has 7 nitrogen and oxygen atoms in total. The fraction of sp³-hybridized carbons (Fsp3) is 0.818. The monoisotopic (exact) mass is 292 g/mol. The van der Waals surface area contributed by atoms with Gasteiger partial charge in [0.2, 0.25) is 5.91 Å². The van der Waals surface area contributed by atoms with E-state index < -0.39 is 9.84 Å². The molecule has 1 amide bonds. The number of carbonyl (C=O) groups is 1. The molecule has 0 aliphatic heterocycles. The highest BCUT2D eigenvalue weighted by Gasteiger charge is 2.05. The Morgan fingerprint density at radius 2 is 1.89 bits per heavy atom. The van der Waals surface area contributed by atoms with Gasteiger partial charge in [-0.2, -0.15) is 0 Å². The van der Waals surface area contributed by atoms with Crippen LogP contribution in [-0.4, -0.2) is 70.9 Å². The smallest absolute Gasteiger partial charge is 0.243 e. The standard InChI is InChI=1S/C11H24N4O3S/c1-5-12-11(14-9-10(16)15(2)3)13-7-6-8-19(4,17)18/h5-9H2,1-4H3,(H2,12,13,14). The number of carbonyl (C=O) groups excluding carboxylic acids is 1. The van der Waals surface area contributed by atoms with Gasteiger partial charge in [0.25, 0.3) is 0 Å². The summed E-state index contributed by atoms with van der Waals surface area (Å²) in [6, 6.07) is 0. The fourth-order valence-electron chi connectivity index (χ4n) is 1.17. The molecule has 2 N–H and O–H groups in total. The second-order valence-electron chi connectivity index (χ2n) is 4.39. The van der Waals surface area contributed by atoms with Gasteiger partial charge in [0.05, 0.1) is 5.75 Å². The molecule has 8 heteroatoms. The van der Waals surface area contributed by atoms with E-state index in [4.69, 9.17) is 0 Å². The first-order chi connectivity index (χ1) is 8.76. The molecule has 0 fully saturated rings. The SMILES string of the molecule is CCNC(=NCC(=O)N(C)C)NCCCS(C)(=O)=O.